The summed E-state index contributed by atoms with van der Waals surface area (Å²) < 4.78 is 30.3. The first-order valence-corrected chi connectivity index (χ1v) is 10.6. The van der Waals surface area contributed by atoms with Gasteiger partial charge in [0.2, 0.25) is 15.9 Å². The molecule has 0 aromatic heterocycles. The lowest BCUT2D eigenvalue weighted by Gasteiger charge is -2.22. The van der Waals surface area contributed by atoms with Gasteiger partial charge in [-0.05, 0) is 49.6 Å². The van der Waals surface area contributed by atoms with Gasteiger partial charge in [-0.2, -0.15) is 0 Å². The van der Waals surface area contributed by atoms with Crippen molar-refractivity contribution in [3.63, 3.8) is 0 Å². The van der Waals surface area contributed by atoms with Gasteiger partial charge in [0.1, 0.15) is 12.3 Å². The molecule has 0 aliphatic rings. The van der Waals surface area contributed by atoms with Crippen LogP contribution in [0.25, 0.3) is 0 Å². The predicted octanol–water partition coefficient (Wildman–Crippen LogP) is 2.52. The summed E-state index contributed by atoms with van der Waals surface area (Å²) in [6.07, 6.45) is 2.73. The van der Waals surface area contributed by atoms with Crippen LogP contribution in [0.5, 0.6) is 5.75 Å². The van der Waals surface area contributed by atoms with Crippen LogP contribution in [0.4, 0.5) is 5.69 Å². The maximum Gasteiger partial charge on any atom is 0.240 e. The van der Waals surface area contributed by atoms with Crippen LogP contribution in [0.3, 0.4) is 0 Å². The van der Waals surface area contributed by atoms with Crippen molar-refractivity contribution in [3.8, 4) is 5.75 Å². The molecule has 0 atom stereocenters. The molecule has 1 N–H and O–H groups in total. The second-order valence-electron chi connectivity index (χ2n) is 6.41. The number of nitrogens with one attached hydrogen (secondary N) is 1. The van der Waals surface area contributed by atoms with E-state index in [2.05, 4.69) is 17.4 Å². The van der Waals surface area contributed by atoms with Gasteiger partial charge in [-0.25, -0.2) is 8.42 Å². The van der Waals surface area contributed by atoms with E-state index in [0.717, 1.165) is 23.4 Å². The molecule has 2 aromatic rings. The Bertz CT molecular complexity index is 864. The third-order valence-corrected chi connectivity index (χ3v) is 5.24. The molecule has 2 aromatic carbocycles. The maximum absolute atomic E-state index is 12.2. The Hall–Kier alpha value is -2.54. The lowest BCUT2D eigenvalue weighted by Crippen LogP contribution is -2.40. The molecule has 0 saturated heterocycles. The zero-order valence-electron chi connectivity index (χ0n) is 15.9. The van der Waals surface area contributed by atoms with E-state index in [-0.39, 0.29) is 12.5 Å². The van der Waals surface area contributed by atoms with Gasteiger partial charge in [0.25, 0.3) is 0 Å². The quantitative estimate of drug-likeness (QED) is 0.668. The number of rotatable bonds is 9. The van der Waals surface area contributed by atoms with Crippen molar-refractivity contribution < 1.29 is 17.9 Å². The van der Waals surface area contributed by atoms with Gasteiger partial charge in [0.15, 0.2) is 0 Å². The number of ether oxygens (including phenoxy) is 1. The monoisotopic (exact) mass is 390 g/mol. The Morgan fingerprint density at radius 3 is 2.44 bits per heavy atom. The SMILES string of the molecule is COc1ccc(N(CC(=O)NCCCc2cccc(C)c2)S(C)(=O)=O)cc1. The third kappa shape index (κ3) is 6.60. The number of aryl methyl sites for hydroxylation is 2. The molecule has 146 valence electrons. The van der Waals surface area contributed by atoms with Crippen LogP contribution in [0.2, 0.25) is 0 Å². The van der Waals surface area contributed by atoms with E-state index in [0.29, 0.717) is 18.0 Å². The van der Waals surface area contributed by atoms with E-state index in [1.807, 2.05) is 19.1 Å². The molecule has 2 rings (SSSR count). The van der Waals surface area contributed by atoms with Crippen molar-refractivity contribution in [2.75, 3.05) is 30.8 Å². The Balaban J connectivity index is 1.90. The van der Waals surface area contributed by atoms with Gasteiger partial charge < -0.3 is 10.1 Å². The number of benzene rings is 2. The summed E-state index contributed by atoms with van der Waals surface area (Å²) in [4.78, 5) is 12.2. The van der Waals surface area contributed by atoms with Gasteiger partial charge in [-0.3, -0.25) is 9.10 Å². The van der Waals surface area contributed by atoms with Gasteiger partial charge in [-0.15, -0.1) is 0 Å². The molecule has 0 spiro atoms. The van der Waals surface area contributed by atoms with Crippen molar-refractivity contribution in [1.29, 1.82) is 0 Å². The minimum atomic E-state index is -3.58. The molecule has 0 heterocycles. The number of amides is 1. The number of hydrogen-bond donors (Lipinski definition) is 1. The number of carbonyl (C=O) groups is 1. The van der Waals surface area contributed by atoms with Gasteiger partial charge in [-0.1, -0.05) is 29.8 Å². The Kier molecular flexibility index (Phi) is 7.24. The fraction of sp³-hybridized carbons (Fsp3) is 0.350. The van der Waals surface area contributed by atoms with Gasteiger partial charge >= 0.3 is 0 Å². The van der Waals surface area contributed by atoms with E-state index < -0.39 is 10.0 Å². The predicted molar refractivity (Wildman–Crippen MR) is 108 cm³/mol. The number of methoxy groups -OCH3 is 1. The van der Waals surface area contributed by atoms with Crippen LogP contribution in [-0.2, 0) is 21.2 Å². The maximum atomic E-state index is 12.2. The first kappa shape index (κ1) is 20.8. The zero-order chi connectivity index (χ0) is 19.9. The van der Waals surface area contributed by atoms with Gasteiger partial charge in [0, 0.05) is 6.54 Å². The summed E-state index contributed by atoms with van der Waals surface area (Å²) in [6.45, 7) is 2.28. The first-order valence-electron chi connectivity index (χ1n) is 8.73. The highest BCUT2D eigenvalue weighted by Crippen LogP contribution is 2.21. The highest BCUT2D eigenvalue weighted by molar-refractivity contribution is 7.92. The molecule has 0 aliphatic carbocycles. The van der Waals surface area contributed by atoms with E-state index >= 15 is 0 Å². The Morgan fingerprint density at radius 2 is 1.85 bits per heavy atom. The van der Waals surface area contributed by atoms with Crippen LogP contribution < -0.4 is 14.4 Å². The summed E-state index contributed by atoms with van der Waals surface area (Å²) in [5, 5.41) is 2.79. The van der Waals surface area contributed by atoms with Crippen molar-refractivity contribution >= 4 is 21.6 Å². The minimum Gasteiger partial charge on any atom is -0.497 e. The summed E-state index contributed by atoms with van der Waals surface area (Å²) in [5.74, 6) is 0.285. The molecule has 0 radical (unpaired) electrons. The van der Waals surface area contributed by atoms with Crippen LogP contribution in [0.15, 0.2) is 48.5 Å². The van der Waals surface area contributed by atoms with Crippen molar-refractivity contribution in [3.05, 3.63) is 59.7 Å². The summed E-state index contributed by atoms with van der Waals surface area (Å²) in [6, 6.07) is 14.8. The summed E-state index contributed by atoms with van der Waals surface area (Å²) in [5.41, 5.74) is 2.85. The molecular formula is C20H26N2O4S. The highest BCUT2D eigenvalue weighted by atomic mass is 32.2. The molecular weight excluding hydrogens is 364 g/mol. The lowest BCUT2D eigenvalue weighted by atomic mass is 10.1. The Morgan fingerprint density at radius 1 is 1.15 bits per heavy atom. The molecule has 27 heavy (non-hydrogen) atoms. The molecule has 1 amide bonds. The fourth-order valence-corrected chi connectivity index (χ4v) is 3.58. The van der Waals surface area contributed by atoms with E-state index in [9.17, 15) is 13.2 Å². The van der Waals surface area contributed by atoms with Crippen molar-refractivity contribution in [1.82, 2.24) is 5.32 Å². The van der Waals surface area contributed by atoms with Gasteiger partial charge in [0.05, 0.1) is 19.1 Å². The van der Waals surface area contributed by atoms with Crippen molar-refractivity contribution in [2.45, 2.75) is 19.8 Å². The number of sulfonamides is 1. The highest BCUT2D eigenvalue weighted by Gasteiger charge is 2.20. The average molecular weight is 391 g/mol. The van der Waals surface area contributed by atoms with Crippen molar-refractivity contribution in [2.24, 2.45) is 0 Å². The third-order valence-electron chi connectivity index (χ3n) is 4.09. The number of anilines is 1. The molecule has 0 fully saturated rings. The summed E-state index contributed by atoms with van der Waals surface area (Å²) >= 11 is 0. The molecule has 0 unspecified atom stereocenters. The molecule has 0 bridgehead atoms. The van der Waals surface area contributed by atoms with E-state index in [1.165, 1.54) is 18.2 Å². The second-order valence-corrected chi connectivity index (χ2v) is 8.32. The normalized spacial score (nSPS) is 11.1. The van der Waals surface area contributed by atoms with Crippen LogP contribution in [0, 0.1) is 6.92 Å². The zero-order valence-corrected chi connectivity index (χ0v) is 16.8. The molecule has 6 nitrogen and oxygen atoms in total. The van der Waals surface area contributed by atoms with Crippen LogP contribution >= 0.6 is 0 Å². The first-order chi connectivity index (χ1) is 12.8. The summed E-state index contributed by atoms with van der Waals surface area (Å²) in [7, 11) is -2.04. The fourth-order valence-electron chi connectivity index (χ4n) is 2.72. The van der Waals surface area contributed by atoms with E-state index in [1.54, 1.807) is 24.3 Å². The number of nitrogens with zero attached hydrogens (tertiary/aromatic N) is 1. The standard InChI is InChI=1S/C20H26N2O4S/c1-16-6-4-7-17(14-16)8-5-13-21-20(23)15-22(27(3,24)25)18-9-11-19(26-2)12-10-18/h4,6-7,9-12,14H,5,8,13,15H2,1-3H3,(H,21,23). The number of hydrogen-bond acceptors (Lipinski definition) is 4. The van der Waals surface area contributed by atoms with Crippen LogP contribution in [-0.4, -0.2) is 40.8 Å². The smallest absolute Gasteiger partial charge is 0.240 e. The molecule has 0 saturated carbocycles. The van der Waals surface area contributed by atoms with Crippen LogP contribution in [0.1, 0.15) is 17.5 Å². The largest absolute Gasteiger partial charge is 0.497 e. The number of carbonyl (C=O) groups excluding carboxylic acids is 1. The second kappa shape index (κ2) is 9.41. The topological polar surface area (TPSA) is 75.7 Å². The Labute approximate surface area is 161 Å². The lowest BCUT2D eigenvalue weighted by molar-refractivity contribution is -0.119. The molecule has 0 aliphatic heterocycles. The molecule has 7 heteroatoms. The minimum absolute atomic E-state index is 0.254. The van der Waals surface area contributed by atoms with E-state index in [4.69, 9.17) is 4.74 Å². The average Bonchev–Trinajstić information content (AvgIpc) is 2.62.